The standard InChI is InChI=1S/C24H24F2N4O4/c1-3-4-21(29-22(31)11-15-9-16(25)12-17(26)10-15)23(32)30-24-27-13-20(14-28-24)34-19-7-5-18(33-2)6-8-19/h5-10,12-14,21H,3-4,11H2,1-2H3,(H,29,31)(H,27,28,30,32). The molecule has 10 heteroatoms. The number of benzene rings is 2. The minimum atomic E-state index is -0.866. The Labute approximate surface area is 195 Å². The lowest BCUT2D eigenvalue weighted by Crippen LogP contribution is -2.44. The van der Waals surface area contributed by atoms with E-state index in [0.29, 0.717) is 30.1 Å². The van der Waals surface area contributed by atoms with Crippen molar-refractivity contribution in [2.45, 2.75) is 32.2 Å². The van der Waals surface area contributed by atoms with Crippen LogP contribution >= 0.6 is 0 Å². The number of nitrogens with one attached hydrogen (secondary N) is 2. The van der Waals surface area contributed by atoms with Gasteiger partial charge in [-0.25, -0.2) is 18.7 Å². The second-order valence-electron chi connectivity index (χ2n) is 7.37. The Kier molecular flexibility index (Phi) is 8.44. The lowest BCUT2D eigenvalue weighted by molar-refractivity contribution is -0.126. The molecule has 0 aliphatic heterocycles. The van der Waals surface area contributed by atoms with Crippen LogP contribution in [0.2, 0.25) is 0 Å². The topological polar surface area (TPSA) is 102 Å². The average molecular weight is 470 g/mol. The Bertz CT molecular complexity index is 1100. The summed E-state index contributed by atoms with van der Waals surface area (Å²) in [6, 6.07) is 8.95. The Hall–Kier alpha value is -4.08. The molecule has 1 unspecified atom stereocenters. The van der Waals surface area contributed by atoms with Crippen molar-refractivity contribution < 1.29 is 27.8 Å². The predicted octanol–water partition coefficient (Wildman–Crippen LogP) is 4.02. The van der Waals surface area contributed by atoms with Crippen LogP contribution in [0.4, 0.5) is 14.7 Å². The van der Waals surface area contributed by atoms with Crippen molar-refractivity contribution in [2.24, 2.45) is 0 Å². The number of methoxy groups -OCH3 is 1. The fraction of sp³-hybridized carbons (Fsp3) is 0.250. The van der Waals surface area contributed by atoms with Crippen LogP contribution < -0.4 is 20.1 Å². The summed E-state index contributed by atoms with van der Waals surface area (Å²) in [7, 11) is 1.57. The minimum absolute atomic E-state index is 0.0367. The Morgan fingerprint density at radius 1 is 0.971 bits per heavy atom. The fourth-order valence-electron chi connectivity index (χ4n) is 3.11. The molecule has 0 radical (unpaired) electrons. The molecule has 0 aliphatic rings. The summed E-state index contributed by atoms with van der Waals surface area (Å²) in [4.78, 5) is 33.1. The van der Waals surface area contributed by atoms with Gasteiger partial charge < -0.3 is 14.8 Å². The van der Waals surface area contributed by atoms with Gasteiger partial charge in [0.05, 0.1) is 25.9 Å². The van der Waals surface area contributed by atoms with E-state index in [1.165, 1.54) is 12.4 Å². The van der Waals surface area contributed by atoms with Gasteiger partial charge in [0, 0.05) is 6.07 Å². The SMILES string of the molecule is CCCC(NC(=O)Cc1cc(F)cc(F)c1)C(=O)Nc1ncc(Oc2ccc(OC)cc2)cn1. The van der Waals surface area contributed by atoms with Crippen molar-refractivity contribution in [2.75, 3.05) is 12.4 Å². The zero-order chi connectivity index (χ0) is 24.5. The molecule has 0 saturated carbocycles. The smallest absolute Gasteiger partial charge is 0.249 e. The van der Waals surface area contributed by atoms with Crippen LogP contribution in [-0.2, 0) is 16.0 Å². The predicted molar refractivity (Wildman–Crippen MR) is 121 cm³/mol. The van der Waals surface area contributed by atoms with Crippen molar-refractivity contribution in [3.05, 3.63) is 72.1 Å². The third kappa shape index (κ3) is 7.22. The van der Waals surface area contributed by atoms with E-state index in [0.717, 1.165) is 18.2 Å². The third-order valence-electron chi connectivity index (χ3n) is 4.67. The third-order valence-corrected chi connectivity index (χ3v) is 4.67. The molecule has 2 aromatic carbocycles. The van der Waals surface area contributed by atoms with E-state index in [9.17, 15) is 18.4 Å². The summed E-state index contributed by atoms with van der Waals surface area (Å²) >= 11 is 0. The molecule has 34 heavy (non-hydrogen) atoms. The second kappa shape index (κ2) is 11.7. The van der Waals surface area contributed by atoms with Gasteiger partial charge in [0.25, 0.3) is 0 Å². The highest BCUT2D eigenvalue weighted by Gasteiger charge is 2.21. The van der Waals surface area contributed by atoms with Crippen LogP contribution in [0.3, 0.4) is 0 Å². The molecule has 0 spiro atoms. The number of nitrogens with zero attached hydrogens (tertiary/aromatic N) is 2. The summed E-state index contributed by atoms with van der Waals surface area (Å²) in [5.74, 6) is -0.946. The van der Waals surface area contributed by atoms with Crippen LogP contribution in [0.25, 0.3) is 0 Å². The number of hydrogen-bond acceptors (Lipinski definition) is 6. The first-order valence-corrected chi connectivity index (χ1v) is 10.6. The molecule has 1 heterocycles. The number of anilines is 1. The fourth-order valence-corrected chi connectivity index (χ4v) is 3.11. The van der Waals surface area contributed by atoms with Crippen molar-refractivity contribution in [3.63, 3.8) is 0 Å². The number of ether oxygens (including phenoxy) is 2. The van der Waals surface area contributed by atoms with Crippen LogP contribution in [0, 0.1) is 11.6 Å². The number of aromatic nitrogens is 2. The van der Waals surface area contributed by atoms with Gasteiger partial charge in [-0.1, -0.05) is 13.3 Å². The first kappa shape index (κ1) is 24.6. The van der Waals surface area contributed by atoms with Crippen molar-refractivity contribution >= 4 is 17.8 Å². The first-order chi connectivity index (χ1) is 16.4. The molecule has 0 bridgehead atoms. The van der Waals surface area contributed by atoms with E-state index in [2.05, 4.69) is 20.6 Å². The number of halogens is 2. The lowest BCUT2D eigenvalue weighted by atomic mass is 10.1. The molecule has 1 aromatic heterocycles. The summed E-state index contributed by atoms with van der Waals surface area (Å²) in [6.45, 7) is 1.86. The zero-order valence-corrected chi connectivity index (χ0v) is 18.7. The van der Waals surface area contributed by atoms with E-state index >= 15 is 0 Å². The van der Waals surface area contributed by atoms with Gasteiger partial charge in [0.15, 0.2) is 5.75 Å². The molecule has 3 aromatic rings. The molecule has 1 atom stereocenters. The van der Waals surface area contributed by atoms with E-state index in [1.54, 1.807) is 31.4 Å². The van der Waals surface area contributed by atoms with Gasteiger partial charge in [0.2, 0.25) is 17.8 Å². The molecule has 3 rings (SSSR count). The maximum absolute atomic E-state index is 13.3. The number of amides is 2. The normalized spacial score (nSPS) is 11.4. The summed E-state index contributed by atoms with van der Waals surface area (Å²) in [5.41, 5.74) is 0.168. The molecule has 8 nitrogen and oxygen atoms in total. The van der Waals surface area contributed by atoms with Gasteiger partial charge in [-0.15, -0.1) is 0 Å². The second-order valence-corrected chi connectivity index (χ2v) is 7.37. The van der Waals surface area contributed by atoms with E-state index in [-0.39, 0.29) is 17.9 Å². The minimum Gasteiger partial charge on any atom is -0.497 e. The number of rotatable bonds is 10. The lowest BCUT2D eigenvalue weighted by Gasteiger charge is -2.17. The molecule has 2 N–H and O–H groups in total. The molecular weight excluding hydrogens is 446 g/mol. The molecule has 178 valence electrons. The van der Waals surface area contributed by atoms with Crippen molar-refractivity contribution in [1.82, 2.24) is 15.3 Å². The van der Waals surface area contributed by atoms with Crippen LogP contribution in [0.5, 0.6) is 17.2 Å². The van der Waals surface area contributed by atoms with Crippen molar-refractivity contribution in [1.29, 1.82) is 0 Å². The largest absolute Gasteiger partial charge is 0.497 e. The number of carbonyl (C=O) groups is 2. The van der Waals surface area contributed by atoms with Gasteiger partial charge in [0.1, 0.15) is 29.2 Å². The molecule has 0 aliphatic carbocycles. The first-order valence-electron chi connectivity index (χ1n) is 10.6. The highest BCUT2D eigenvalue weighted by Crippen LogP contribution is 2.23. The molecule has 0 fully saturated rings. The highest BCUT2D eigenvalue weighted by molar-refractivity contribution is 5.96. The van der Waals surface area contributed by atoms with Crippen LogP contribution in [-0.4, -0.2) is 34.9 Å². The van der Waals surface area contributed by atoms with Gasteiger partial charge in [-0.3, -0.25) is 14.9 Å². The van der Waals surface area contributed by atoms with Gasteiger partial charge in [-0.2, -0.15) is 0 Å². The Balaban J connectivity index is 1.57. The summed E-state index contributed by atoms with van der Waals surface area (Å²) in [6.07, 6.45) is 3.50. The Morgan fingerprint density at radius 3 is 2.18 bits per heavy atom. The number of hydrogen-bond donors (Lipinski definition) is 2. The highest BCUT2D eigenvalue weighted by atomic mass is 19.1. The number of carbonyl (C=O) groups excluding carboxylic acids is 2. The molecule has 2 amide bonds. The Morgan fingerprint density at radius 2 is 1.59 bits per heavy atom. The van der Waals surface area contributed by atoms with E-state index in [4.69, 9.17) is 9.47 Å². The average Bonchev–Trinajstić information content (AvgIpc) is 2.80. The van der Waals surface area contributed by atoms with Crippen LogP contribution in [0.15, 0.2) is 54.9 Å². The maximum atomic E-state index is 13.3. The monoisotopic (exact) mass is 470 g/mol. The van der Waals surface area contributed by atoms with Crippen LogP contribution in [0.1, 0.15) is 25.3 Å². The maximum Gasteiger partial charge on any atom is 0.249 e. The van der Waals surface area contributed by atoms with E-state index in [1.807, 2.05) is 6.92 Å². The van der Waals surface area contributed by atoms with Gasteiger partial charge in [-0.05, 0) is 48.4 Å². The summed E-state index contributed by atoms with van der Waals surface area (Å²) < 4.78 is 37.4. The van der Waals surface area contributed by atoms with E-state index < -0.39 is 29.5 Å². The molecular formula is C24H24F2N4O4. The van der Waals surface area contributed by atoms with Gasteiger partial charge >= 0.3 is 0 Å². The molecule has 0 saturated heterocycles. The zero-order valence-electron chi connectivity index (χ0n) is 18.7. The quantitative estimate of drug-likeness (QED) is 0.464. The summed E-state index contributed by atoms with van der Waals surface area (Å²) in [5, 5.41) is 5.14. The van der Waals surface area contributed by atoms with Crippen molar-refractivity contribution in [3.8, 4) is 17.2 Å².